The van der Waals surface area contributed by atoms with E-state index in [9.17, 15) is 14.9 Å². The highest BCUT2D eigenvalue weighted by Crippen LogP contribution is 2.18. The zero-order valence-corrected chi connectivity index (χ0v) is 11.1. The fourth-order valence-corrected chi connectivity index (χ4v) is 1.62. The third-order valence-corrected chi connectivity index (χ3v) is 2.55. The predicted molar refractivity (Wildman–Crippen MR) is 70.4 cm³/mol. The number of aromatic nitrogens is 3. The third kappa shape index (κ3) is 3.49. The van der Waals surface area contributed by atoms with Crippen LogP contribution in [-0.4, -0.2) is 32.5 Å². The number of aryl methyl sites for hydroxylation is 1. The van der Waals surface area contributed by atoms with Gasteiger partial charge in [-0.2, -0.15) is 4.98 Å². The van der Waals surface area contributed by atoms with Crippen molar-refractivity contribution in [1.82, 2.24) is 20.4 Å². The molecule has 0 spiro atoms. The highest BCUT2D eigenvalue weighted by Gasteiger charge is 2.21. The minimum absolute atomic E-state index is 0.0274. The second kappa shape index (κ2) is 5.94. The summed E-state index contributed by atoms with van der Waals surface area (Å²) in [5.74, 6) is 0.279. The second-order valence-corrected chi connectivity index (χ2v) is 4.12. The molecule has 0 unspecified atom stereocenters. The number of nitro groups is 1. The number of pyridine rings is 1. The monoisotopic (exact) mass is 292 g/mol. The zero-order valence-electron chi connectivity index (χ0n) is 11.1. The van der Waals surface area contributed by atoms with E-state index in [0.717, 1.165) is 12.3 Å². The smallest absolute Gasteiger partial charge is 0.300 e. The SMILES string of the molecule is Cc1nc(CCNC(=O)c2cc(N)ncc2[N+](=O)[O-])no1. The molecular formula is C11H12N6O4. The maximum atomic E-state index is 12.0. The van der Waals surface area contributed by atoms with Crippen LogP contribution < -0.4 is 11.1 Å². The number of carbonyl (C=O) groups is 1. The Balaban J connectivity index is 2.03. The maximum absolute atomic E-state index is 12.0. The molecule has 3 N–H and O–H groups in total. The van der Waals surface area contributed by atoms with Crippen molar-refractivity contribution < 1.29 is 14.2 Å². The van der Waals surface area contributed by atoms with Crippen LogP contribution in [0.2, 0.25) is 0 Å². The number of hydrogen-bond acceptors (Lipinski definition) is 8. The number of nitrogens with two attached hydrogens (primary N) is 1. The quantitative estimate of drug-likeness (QED) is 0.587. The largest absolute Gasteiger partial charge is 0.384 e. The van der Waals surface area contributed by atoms with Crippen LogP contribution in [0.3, 0.4) is 0 Å². The van der Waals surface area contributed by atoms with Crippen LogP contribution in [0.1, 0.15) is 22.1 Å². The van der Waals surface area contributed by atoms with E-state index in [1.165, 1.54) is 0 Å². The summed E-state index contributed by atoms with van der Waals surface area (Å²) < 4.78 is 4.79. The molecule has 2 aromatic heterocycles. The molecular weight excluding hydrogens is 280 g/mol. The number of amides is 1. The van der Waals surface area contributed by atoms with Gasteiger partial charge in [0.25, 0.3) is 11.6 Å². The topological polar surface area (TPSA) is 150 Å². The van der Waals surface area contributed by atoms with E-state index in [2.05, 4.69) is 20.4 Å². The van der Waals surface area contributed by atoms with Crippen LogP contribution in [0.4, 0.5) is 11.5 Å². The van der Waals surface area contributed by atoms with Crippen molar-refractivity contribution in [2.45, 2.75) is 13.3 Å². The summed E-state index contributed by atoms with van der Waals surface area (Å²) in [5.41, 5.74) is 4.89. The fourth-order valence-electron chi connectivity index (χ4n) is 1.62. The van der Waals surface area contributed by atoms with Gasteiger partial charge in [0, 0.05) is 19.9 Å². The van der Waals surface area contributed by atoms with Gasteiger partial charge in [0.15, 0.2) is 5.82 Å². The summed E-state index contributed by atoms with van der Waals surface area (Å²) >= 11 is 0. The molecule has 0 aliphatic carbocycles. The molecule has 10 nitrogen and oxygen atoms in total. The zero-order chi connectivity index (χ0) is 15.4. The predicted octanol–water partition coefficient (Wildman–Crippen LogP) is 0.236. The van der Waals surface area contributed by atoms with E-state index in [4.69, 9.17) is 10.3 Å². The Morgan fingerprint density at radius 3 is 2.95 bits per heavy atom. The van der Waals surface area contributed by atoms with Gasteiger partial charge in [-0.15, -0.1) is 0 Å². The van der Waals surface area contributed by atoms with E-state index in [0.29, 0.717) is 18.1 Å². The van der Waals surface area contributed by atoms with Gasteiger partial charge in [-0.05, 0) is 6.07 Å². The van der Waals surface area contributed by atoms with Crippen LogP contribution in [0.5, 0.6) is 0 Å². The van der Waals surface area contributed by atoms with E-state index in [-0.39, 0.29) is 17.9 Å². The van der Waals surface area contributed by atoms with Crippen LogP contribution >= 0.6 is 0 Å². The van der Waals surface area contributed by atoms with Gasteiger partial charge in [0.05, 0.1) is 4.92 Å². The van der Waals surface area contributed by atoms with Crippen molar-refractivity contribution in [2.75, 3.05) is 12.3 Å². The summed E-state index contributed by atoms with van der Waals surface area (Å²) in [4.78, 5) is 29.7. The number of carbonyl (C=O) groups excluding carboxylic acids is 1. The van der Waals surface area contributed by atoms with Gasteiger partial charge < -0.3 is 15.6 Å². The lowest BCUT2D eigenvalue weighted by Crippen LogP contribution is -2.27. The Labute approximate surface area is 118 Å². The van der Waals surface area contributed by atoms with E-state index in [1.807, 2.05) is 0 Å². The first-order chi connectivity index (χ1) is 9.97. The average molecular weight is 292 g/mol. The van der Waals surface area contributed by atoms with Crippen LogP contribution in [0.25, 0.3) is 0 Å². The molecule has 0 fully saturated rings. The van der Waals surface area contributed by atoms with Gasteiger partial charge in [-0.25, -0.2) is 4.98 Å². The number of rotatable bonds is 5. The summed E-state index contributed by atoms with van der Waals surface area (Å²) in [6.45, 7) is 1.86. The number of nitrogens with one attached hydrogen (secondary N) is 1. The molecule has 0 aliphatic heterocycles. The average Bonchev–Trinajstić information content (AvgIpc) is 2.84. The highest BCUT2D eigenvalue weighted by molar-refractivity contribution is 5.98. The van der Waals surface area contributed by atoms with E-state index >= 15 is 0 Å². The second-order valence-electron chi connectivity index (χ2n) is 4.12. The van der Waals surface area contributed by atoms with Crippen molar-refractivity contribution in [3.8, 4) is 0 Å². The van der Waals surface area contributed by atoms with Crippen molar-refractivity contribution in [3.63, 3.8) is 0 Å². The molecule has 110 valence electrons. The minimum atomic E-state index is -0.691. The Morgan fingerprint density at radius 2 is 2.33 bits per heavy atom. The number of nitrogen functional groups attached to an aromatic ring is 1. The molecule has 0 bridgehead atoms. The van der Waals surface area contributed by atoms with Crippen LogP contribution in [-0.2, 0) is 6.42 Å². The number of nitrogens with zero attached hydrogens (tertiary/aromatic N) is 4. The Hall–Kier alpha value is -3.04. The normalized spacial score (nSPS) is 10.3. The van der Waals surface area contributed by atoms with E-state index < -0.39 is 16.5 Å². The van der Waals surface area contributed by atoms with Gasteiger partial charge in [-0.1, -0.05) is 5.16 Å². The Morgan fingerprint density at radius 1 is 1.57 bits per heavy atom. The minimum Gasteiger partial charge on any atom is -0.384 e. The lowest BCUT2D eigenvalue weighted by atomic mass is 10.2. The molecule has 0 atom stereocenters. The van der Waals surface area contributed by atoms with E-state index in [1.54, 1.807) is 6.92 Å². The first-order valence-corrected chi connectivity index (χ1v) is 5.94. The highest BCUT2D eigenvalue weighted by atomic mass is 16.6. The first-order valence-electron chi connectivity index (χ1n) is 5.94. The molecule has 0 saturated heterocycles. The maximum Gasteiger partial charge on any atom is 0.300 e. The number of hydrogen-bond donors (Lipinski definition) is 2. The molecule has 10 heteroatoms. The standard InChI is InChI=1S/C11H12N6O4/c1-6-15-10(16-21-6)2-3-13-11(18)7-4-9(12)14-5-8(7)17(19)20/h4-5H,2-3H2,1H3,(H2,12,14)(H,13,18). The fraction of sp³-hybridized carbons (Fsp3) is 0.273. The van der Waals surface area contributed by atoms with Gasteiger partial charge >= 0.3 is 0 Å². The summed E-state index contributed by atoms with van der Waals surface area (Å²) in [7, 11) is 0. The molecule has 0 aromatic carbocycles. The lowest BCUT2D eigenvalue weighted by Gasteiger charge is -2.05. The molecule has 21 heavy (non-hydrogen) atoms. The lowest BCUT2D eigenvalue weighted by molar-refractivity contribution is -0.385. The molecule has 0 saturated carbocycles. The van der Waals surface area contributed by atoms with Crippen molar-refractivity contribution in [3.05, 3.63) is 39.7 Å². The number of anilines is 1. The Kier molecular flexibility index (Phi) is 4.07. The Bertz CT molecular complexity index is 683. The third-order valence-electron chi connectivity index (χ3n) is 2.55. The molecule has 2 heterocycles. The van der Waals surface area contributed by atoms with Crippen LogP contribution in [0, 0.1) is 17.0 Å². The molecule has 2 aromatic rings. The summed E-state index contributed by atoms with van der Waals surface area (Å²) in [5, 5.41) is 17.0. The first kappa shape index (κ1) is 14.4. The molecule has 0 radical (unpaired) electrons. The summed E-state index contributed by atoms with van der Waals surface area (Å²) in [6, 6.07) is 1.16. The van der Waals surface area contributed by atoms with Crippen molar-refractivity contribution in [1.29, 1.82) is 0 Å². The molecule has 1 amide bonds. The van der Waals surface area contributed by atoms with Crippen LogP contribution in [0.15, 0.2) is 16.8 Å². The molecule has 2 rings (SSSR count). The van der Waals surface area contributed by atoms with Crippen molar-refractivity contribution >= 4 is 17.4 Å². The molecule has 0 aliphatic rings. The van der Waals surface area contributed by atoms with Gasteiger partial charge in [-0.3, -0.25) is 14.9 Å². The van der Waals surface area contributed by atoms with Crippen molar-refractivity contribution in [2.24, 2.45) is 0 Å². The van der Waals surface area contributed by atoms with Gasteiger partial charge in [0.1, 0.15) is 17.6 Å². The van der Waals surface area contributed by atoms with Gasteiger partial charge in [0.2, 0.25) is 5.89 Å². The summed E-state index contributed by atoms with van der Waals surface area (Å²) in [6.07, 6.45) is 1.30.